The fraction of sp³-hybridized carbons (Fsp3) is 0.333. The number of rotatable bonds is 8. The van der Waals surface area contributed by atoms with E-state index in [9.17, 15) is 9.59 Å². The van der Waals surface area contributed by atoms with E-state index in [2.05, 4.69) is 17.2 Å². The number of amides is 3. The maximum Gasteiger partial charge on any atom is 0.321 e. The van der Waals surface area contributed by atoms with Gasteiger partial charge < -0.3 is 10.1 Å². The van der Waals surface area contributed by atoms with Crippen LogP contribution in [0.3, 0.4) is 0 Å². The molecule has 1 rings (SSSR count). The number of carbonyl (C=O) groups excluding carboxylic acids is 2. The highest BCUT2D eigenvalue weighted by Gasteiger charge is 2.10. The van der Waals surface area contributed by atoms with Crippen LogP contribution in [0.15, 0.2) is 36.9 Å². The van der Waals surface area contributed by atoms with Gasteiger partial charge in [0.1, 0.15) is 12.4 Å². The number of nitrogens with one attached hydrogen (secondary N) is 2. The molecule has 0 heterocycles. The van der Waals surface area contributed by atoms with Crippen molar-refractivity contribution in [2.45, 2.75) is 0 Å². The Labute approximate surface area is 135 Å². The van der Waals surface area contributed by atoms with Crippen molar-refractivity contribution in [3.63, 3.8) is 0 Å². The van der Waals surface area contributed by atoms with E-state index < -0.39 is 6.03 Å². The van der Waals surface area contributed by atoms with Crippen molar-refractivity contribution in [1.29, 1.82) is 0 Å². The summed E-state index contributed by atoms with van der Waals surface area (Å²) in [5.74, 6) is 0.215. The summed E-state index contributed by atoms with van der Waals surface area (Å²) in [6.07, 6.45) is 1.53. The lowest BCUT2D eigenvalue weighted by Gasteiger charge is -2.16. The molecule has 0 aliphatic heterocycles. The van der Waals surface area contributed by atoms with Crippen LogP contribution in [0.2, 0.25) is 5.02 Å². The fourth-order valence-corrected chi connectivity index (χ4v) is 1.76. The van der Waals surface area contributed by atoms with Gasteiger partial charge >= 0.3 is 6.03 Å². The molecule has 2 N–H and O–H groups in total. The molecule has 7 heteroatoms. The summed E-state index contributed by atoms with van der Waals surface area (Å²) in [7, 11) is 1.76. The minimum atomic E-state index is -0.536. The first-order chi connectivity index (χ1) is 10.5. The van der Waals surface area contributed by atoms with Crippen molar-refractivity contribution in [2.75, 3.05) is 33.3 Å². The van der Waals surface area contributed by atoms with Crippen LogP contribution in [0.5, 0.6) is 5.75 Å². The molecule has 22 heavy (non-hydrogen) atoms. The molecule has 6 nitrogen and oxygen atoms in total. The smallest absolute Gasteiger partial charge is 0.321 e. The number of para-hydroxylation sites is 1. The van der Waals surface area contributed by atoms with E-state index in [1.807, 2.05) is 12.1 Å². The van der Waals surface area contributed by atoms with Gasteiger partial charge in [0.15, 0.2) is 0 Å². The quantitative estimate of drug-likeness (QED) is 0.713. The summed E-state index contributed by atoms with van der Waals surface area (Å²) < 4.78 is 5.53. The standard InChI is InChI=1S/C15H20ClN3O3/c1-3-8-17-15(21)18-14(20)11-19(2)9-10-22-13-7-5-4-6-12(13)16/h3-7H,1,8-11H2,2H3,(H2,17,18,20,21). The molecule has 1 aromatic rings. The van der Waals surface area contributed by atoms with Crippen molar-refractivity contribution in [3.05, 3.63) is 41.9 Å². The van der Waals surface area contributed by atoms with Gasteiger partial charge in [-0.1, -0.05) is 29.8 Å². The number of hydrogen-bond donors (Lipinski definition) is 2. The van der Waals surface area contributed by atoms with E-state index in [1.54, 1.807) is 24.1 Å². The number of likely N-dealkylation sites (N-methyl/N-ethyl adjacent to an activating group) is 1. The normalized spacial score (nSPS) is 10.1. The molecule has 0 saturated heterocycles. The summed E-state index contributed by atoms with van der Waals surface area (Å²) in [5.41, 5.74) is 0. The van der Waals surface area contributed by atoms with Gasteiger partial charge in [-0.3, -0.25) is 15.0 Å². The number of hydrogen-bond acceptors (Lipinski definition) is 4. The highest BCUT2D eigenvalue weighted by molar-refractivity contribution is 6.32. The largest absolute Gasteiger partial charge is 0.491 e. The number of carbonyl (C=O) groups is 2. The van der Waals surface area contributed by atoms with E-state index in [1.165, 1.54) is 6.08 Å². The Morgan fingerprint density at radius 2 is 2.14 bits per heavy atom. The Morgan fingerprint density at radius 3 is 2.82 bits per heavy atom. The molecule has 0 aliphatic rings. The third-order valence-electron chi connectivity index (χ3n) is 2.64. The third kappa shape index (κ3) is 7.10. The van der Waals surface area contributed by atoms with Crippen LogP contribution < -0.4 is 15.4 Å². The molecule has 0 aromatic heterocycles. The average molecular weight is 326 g/mol. The summed E-state index contributed by atoms with van der Waals surface area (Å²) >= 11 is 5.97. The lowest BCUT2D eigenvalue weighted by molar-refractivity contribution is -0.120. The average Bonchev–Trinajstić information content (AvgIpc) is 2.47. The second kappa shape index (κ2) is 9.81. The van der Waals surface area contributed by atoms with E-state index >= 15 is 0 Å². The van der Waals surface area contributed by atoms with Gasteiger partial charge in [-0.25, -0.2) is 4.79 Å². The van der Waals surface area contributed by atoms with Gasteiger partial charge in [-0.15, -0.1) is 6.58 Å². The van der Waals surface area contributed by atoms with Gasteiger partial charge in [0.25, 0.3) is 0 Å². The molecule has 0 atom stereocenters. The lowest BCUT2D eigenvalue weighted by atomic mass is 10.3. The summed E-state index contributed by atoms with van der Waals surface area (Å²) in [6, 6.07) is 6.64. The molecular weight excluding hydrogens is 306 g/mol. The van der Waals surface area contributed by atoms with Crippen LogP contribution in [-0.4, -0.2) is 50.1 Å². The zero-order valence-electron chi connectivity index (χ0n) is 12.5. The second-order valence-electron chi connectivity index (χ2n) is 4.56. The van der Waals surface area contributed by atoms with Crippen molar-refractivity contribution in [3.8, 4) is 5.75 Å². The zero-order chi connectivity index (χ0) is 16.4. The Hall–Kier alpha value is -2.05. The van der Waals surface area contributed by atoms with Crippen molar-refractivity contribution < 1.29 is 14.3 Å². The molecule has 0 spiro atoms. The molecule has 1 aromatic carbocycles. The molecule has 0 aliphatic carbocycles. The maximum absolute atomic E-state index is 11.6. The predicted octanol–water partition coefficient (Wildman–Crippen LogP) is 1.66. The van der Waals surface area contributed by atoms with Gasteiger partial charge in [0, 0.05) is 13.1 Å². The van der Waals surface area contributed by atoms with Crippen LogP contribution >= 0.6 is 11.6 Å². The molecular formula is C15H20ClN3O3. The Morgan fingerprint density at radius 1 is 1.41 bits per heavy atom. The lowest BCUT2D eigenvalue weighted by Crippen LogP contribution is -2.44. The van der Waals surface area contributed by atoms with E-state index in [-0.39, 0.29) is 12.5 Å². The minimum absolute atomic E-state index is 0.0907. The highest BCUT2D eigenvalue weighted by atomic mass is 35.5. The van der Waals surface area contributed by atoms with Crippen molar-refractivity contribution in [1.82, 2.24) is 15.5 Å². The minimum Gasteiger partial charge on any atom is -0.491 e. The maximum atomic E-state index is 11.6. The number of ether oxygens (including phenoxy) is 1. The fourth-order valence-electron chi connectivity index (χ4n) is 1.57. The monoisotopic (exact) mass is 325 g/mol. The molecule has 0 bridgehead atoms. The van der Waals surface area contributed by atoms with E-state index in [0.717, 1.165) is 0 Å². The SMILES string of the molecule is C=CCNC(=O)NC(=O)CN(C)CCOc1ccccc1Cl. The number of imide groups is 1. The molecule has 3 amide bonds. The van der Waals surface area contributed by atoms with Gasteiger partial charge in [-0.05, 0) is 19.2 Å². The van der Waals surface area contributed by atoms with Crippen LogP contribution in [-0.2, 0) is 4.79 Å². The van der Waals surface area contributed by atoms with Gasteiger partial charge in [0.2, 0.25) is 5.91 Å². The van der Waals surface area contributed by atoms with Crippen LogP contribution in [0.25, 0.3) is 0 Å². The first kappa shape index (κ1) is 18.0. The van der Waals surface area contributed by atoms with Crippen molar-refractivity contribution in [2.24, 2.45) is 0 Å². The number of benzene rings is 1. The molecule has 0 unspecified atom stereocenters. The van der Waals surface area contributed by atoms with Crippen molar-refractivity contribution >= 4 is 23.5 Å². The van der Waals surface area contributed by atoms with Crippen LogP contribution in [0.1, 0.15) is 0 Å². The van der Waals surface area contributed by atoms with Gasteiger partial charge in [0.05, 0.1) is 11.6 Å². The molecule has 0 radical (unpaired) electrons. The first-order valence-corrected chi connectivity index (χ1v) is 7.15. The first-order valence-electron chi connectivity index (χ1n) is 6.77. The summed E-state index contributed by atoms with van der Waals surface area (Å²) in [5, 5.41) is 5.23. The van der Waals surface area contributed by atoms with E-state index in [0.29, 0.717) is 30.5 Å². The third-order valence-corrected chi connectivity index (χ3v) is 2.95. The van der Waals surface area contributed by atoms with Gasteiger partial charge in [-0.2, -0.15) is 0 Å². The summed E-state index contributed by atoms with van der Waals surface area (Å²) in [6.45, 7) is 4.77. The summed E-state index contributed by atoms with van der Waals surface area (Å²) in [4.78, 5) is 24.6. The molecule has 120 valence electrons. The number of nitrogens with zero attached hydrogens (tertiary/aromatic N) is 1. The Kier molecular flexibility index (Phi) is 8.03. The van der Waals surface area contributed by atoms with Crippen LogP contribution in [0.4, 0.5) is 4.79 Å². The zero-order valence-corrected chi connectivity index (χ0v) is 13.2. The molecule has 0 fully saturated rings. The Bertz CT molecular complexity index is 523. The molecule has 0 saturated carbocycles. The Balaban J connectivity index is 2.24. The predicted molar refractivity (Wildman–Crippen MR) is 86.2 cm³/mol. The highest BCUT2D eigenvalue weighted by Crippen LogP contribution is 2.22. The second-order valence-corrected chi connectivity index (χ2v) is 4.97. The van der Waals surface area contributed by atoms with E-state index in [4.69, 9.17) is 16.3 Å². The van der Waals surface area contributed by atoms with Crippen LogP contribution in [0, 0.1) is 0 Å². The topological polar surface area (TPSA) is 70.7 Å². The number of urea groups is 1. The number of halogens is 1.